The summed E-state index contributed by atoms with van der Waals surface area (Å²) in [5, 5.41) is 7.11. The quantitative estimate of drug-likeness (QED) is 0.186. The summed E-state index contributed by atoms with van der Waals surface area (Å²) in [6.45, 7) is 0. The van der Waals surface area contributed by atoms with E-state index in [0.717, 1.165) is 39.0 Å². The Hall–Kier alpha value is -6.12. The lowest BCUT2D eigenvalue weighted by atomic mass is 9.97. The maximum atomic E-state index is 6.21. The van der Waals surface area contributed by atoms with Crippen LogP contribution in [0.5, 0.6) is 0 Å². The van der Waals surface area contributed by atoms with Crippen molar-refractivity contribution in [2.45, 2.75) is 0 Å². The molecule has 1 heterocycles. The number of rotatable bonds is 5. The fraction of sp³-hybridized carbons (Fsp3) is 0. The first-order valence-electron chi connectivity index (χ1n) is 15.7. The third-order valence-corrected chi connectivity index (χ3v) is 9.04. The molecule has 0 saturated heterocycles. The van der Waals surface area contributed by atoms with Crippen molar-refractivity contribution in [3.63, 3.8) is 0 Å². The molecular formula is C44H29NO. The van der Waals surface area contributed by atoms with Crippen molar-refractivity contribution in [1.29, 1.82) is 0 Å². The lowest BCUT2D eigenvalue weighted by Gasteiger charge is -2.27. The van der Waals surface area contributed by atoms with E-state index in [0.29, 0.717) is 0 Å². The molecule has 0 radical (unpaired) electrons. The summed E-state index contributed by atoms with van der Waals surface area (Å²) in [6, 6.07) is 62.8. The zero-order chi connectivity index (χ0) is 30.5. The van der Waals surface area contributed by atoms with Gasteiger partial charge in [-0.15, -0.1) is 0 Å². The summed E-state index contributed by atoms with van der Waals surface area (Å²) >= 11 is 0. The summed E-state index contributed by atoms with van der Waals surface area (Å²) < 4.78 is 6.21. The van der Waals surface area contributed by atoms with Crippen LogP contribution in [0.15, 0.2) is 180 Å². The van der Waals surface area contributed by atoms with Gasteiger partial charge in [-0.25, -0.2) is 0 Å². The number of hydrogen-bond acceptors (Lipinski definition) is 2. The maximum absolute atomic E-state index is 6.21. The first kappa shape index (κ1) is 26.3. The van der Waals surface area contributed by atoms with Gasteiger partial charge in [0.05, 0.1) is 5.69 Å². The summed E-state index contributed by atoms with van der Waals surface area (Å²) in [5.74, 6) is 0. The van der Waals surface area contributed by atoms with E-state index in [1.165, 1.54) is 43.8 Å². The van der Waals surface area contributed by atoms with Crippen LogP contribution in [0.3, 0.4) is 0 Å². The second kappa shape index (κ2) is 10.8. The fourth-order valence-electron chi connectivity index (χ4n) is 6.81. The van der Waals surface area contributed by atoms with Gasteiger partial charge in [0.25, 0.3) is 0 Å². The van der Waals surface area contributed by atoms with Crippen molar-refractivity contribution in [2.75, 3.05) is 4.90 Å². The minimum atomic E-state index is 0.920. The Morgan fingerprint density at radius 2 is 0.957 bits per heavy atom. The first-order valence-corrected chi connectivity index (χ1v) is 15.7. The Kier molecular flexibility index (Phi) is 6.17. The van der Waals surface area contributed by atoms with Crippen LogP contribution in [-0.2, 0) is 0 Å². The summed E-state index contributed by atoms with van der Waals surface area (Å²) in [6.07, 6.45) is 0. The average Bonchev–Trinajstić information content (AvgIpc) is 3.49. The van der Waals surface area contributed by atoms with Gasteiger partial charge in [0.2, 0.25) is 0 Å². The van der Waals surface area contributed by atoms with Crippen LogP contribution in [0, 0.1) is 0 Å². The molecule has 0 fully saturated rings. The van der Waals surface area contributed by atoms with E-state index in [4.69, 9.17) is 4.42 Å². The van der Waals surface area contributed by atoms with E-state index in [1.807, 2.05) is 12.1 Å². The van der Waals surface area contributed by atoms with E-state index in [9.17, 15) is 0 Å². The van der Waals surface area contributed by atoms with Crippen LogP contribution < -0.4 is 4.90 Å². The average molecular weight is 588 g/mol. The summed E-state index contributed by atoms with van der Waals surface area (Å²) in [4.78, 5) is 2.37. The molecule has 8 aromatic carbocycles. The third kappa shape index (κ3) is 4.43. The molecule has 0 amide bonds. The van der Waals surface area contributed by atoms with Gasteiger partial charge in [-0.2, -0.15) is 0 Å². The SMILES string of the molecule is c1ccc(-c2cccc(-c3ccc(N(c4ccccc4)c4cccc5c4ccc4cc6oc7ccccc7c6cc45)cc3)c2)cc1. The highest BCUT2D eigenvalue weighted by molar-refractivity contribution is 6.18. The lowest BCUT2D eigenvalue weighted by molar-refractivity contribution is 0.669. The van der Waals surface area contributed by atoms with Gasteiger partial charge < -0.3 is 9.32 Å². The molecule has 46 heavy (non-hydrogen) atoms. The Morgan fingerprint density at radius 1 is 0.326 bits per heavy atom. The first-order chi connectivity index (χ1) is 22.8. The predicted octanol–water partition coefficient (Wildman–Crippen LogP) is 12.7. The molecule has 0 saturated carbocycles. The largest absolute Gasteiger partial charge is 0.456 e. The molecule has 2 heteroatoms. The monoisotopic (exact) mass is 587 g/mol. The molecule has 9 aromatic rings. The van der Waals surface area contributed by atoms with Crippen molar-refractivity contribution in [1.82, 2.24) is 0 Å². The highest BCUT2D eigenvalue weighted by Crippen LogP contribution is 2.42. The summed E-state index contributed by atoms with van der Waals surface area (Å²) in [7, 11) is 0. The van der Waals surface area contributed by atoms with Crippen LogP contribution in [0.4, 0.5) is 17.1 Å². The van der Waals surface area contributed by atoms with Crippen LogP contribution in [0.1, 0.15) is 0 Å². The normalized spacial score (nSPS) is 11.5. The highest BCUT2D eigenvalue weighted by atomic mass is 16.3. The molecule has 0 unspecified atom stereocenters. The van der Waals surface area contributed by atoms with Gasteiger partial charge in [-0.3, -0.25) is 0 Å². The van der Waals surface area contributed by atoms with Crippen molar-refractivity contribution in [2.24, 2.45) is 0 Å². The van der Waals surface area contributed by atoms with E-state index < -0.39 is 0 Å². The Balaban J connectivity index is 1.18. The van der Waals surface area contributed by atoms with Crippen LogP contribution in [0.2, 0.25) is 0 Å². The molecule has 0 aliphatic rings. The van der Waals surface area contributed by atoms with E-state index >= 15 is 0 Å². The van der Waals surface area contributed by atoms with Gasteiger partial charge in [0.1, 0.15) is 11.2 Å². The minimum Gasteiger partial charge on any atom is -0.456 e. The van der Waals surface area contributed by atoms with E-state index in [2.05, 4.69) is 169 Å². The van der Waals surface area contributed by atoms with Gasteiger partial charge in [0.15, 0.2) is 0 Å². The lowest BCUT2D eigenvalue weighted by Crippen LogP contribution is -2.10. The Labute approximate surface area is 267 Å². The Bertz CT molecular complexity index is 2510. The highest BCUT2D eigenvalue weighted by Gasteiger charge is 2.17. The smallest absolute Gasteiger partial charge is 0.136 e. The van der Waals surface area contributed by atoms with Crippen LogP contribution in [0.25, 0.3) is 65.7 Å². The molecule has 2 nitrogen and oxygen atoms in total. The van der Waals surface area contributed by atoms with Crippen molar-refractivity contribution < 1.29 is 4.42 Å². The van der Waals surface area contributed by atoms with Gasteiger partial charge >= 0.3 is 0 Å². The van der Waals surface area contributed by atoms with Gasteiger partial charge in [0, 0.05) is 27.5 Å². The number of nitrogens with zero attached hydrogens (tertiary/aromatic N) is 1. The molecule has 216 valence electrons. The van der Waals surface area contributed by atoms with Crippen molar-refractivity contribution in [3.05, 3.63) is 176 Å². The van der Waals surface area contributed by atoms with Gasteiger partial charge in [-0.05, 0) is 93.0 Å². The predicted molar refractivity (Wildman–Crippen MR) is 194 cm³/mol. The fourth-order valence-corrected chi connectivity index (χ4v) is 6.81. The summed E-state index contributed by atoms with van der Waals surface area (Å²) in [5.41, 5.74) is 10.0. The van der Waals surface area contributed by atoms with Gasteiger partial charge in [-0.1, -0.05) is 121 Å². The van der Waals surface area contributed by atoms with Crippen LogP contribution in [-0.4, -0.2) is 0 Å². The minimum absolute atomic E-state index is 0.920. The number of hydrogen-bond donors (Lipinski definition) is 0. The molecule has 0 aliphatic heterocycles. The van der Waals surface area contributed by atoms with Crippen molar-refractivity contribution in [3.8, 4) is 22.3 Å². The second-order valence-electron chi connectivity index (χ2n) is 11.8. The third-order valence-electron chi connectivity index (χ3n) is 9.04. The topological polar surface area (TPSA) is 16.4 Å². The molecule has 0 bridgehead atoms. The molecular weight excluding hydrogens is 558 g/mol. The standard InChI is InChI=1S/C44H29NO/c1-3-11-30(12-4-1)32-13-9-14-33(27-32)31-21-24-36(25-22-31)45(35-15-5-2-6-16-35)42-19-10-18-37-38(42)26-23-34-28-44-41(29-40(34)37)39-17-7-8-20-43(39)46-44/h1-29H. The number of para-hydroxylation sites is 2. The second-order valence-corrected chi connectivity index (χ2v) is 11.8. The number of fused-ring (bicyclic) bond motifs is 6. The van der Waals surface area contributed by atoms with Crippen LogP contribution >= 0.6 is 0 Å². The molecule has 0 spiro atoms. The maximum Gasteiger partial charge on any atom is 0.136 e. The van der Waals surface area contributed by atoms with E-state index in [1.54, 1.807) is 0 Å². The van der Waals surface area contributed by atoms with Crippen molar-refractivity contribution >= 4 is 60.5 Å². The number of furan rings is 1. The zero-order valence-corrected chi connectivity index (χ0v) is 25.1. The Morgan fingerprint density at radius 3 is 1.76 bits per heavy atom. The molecule has 0 N–H and O–H groups in total. The number of benzene rings is 8. The molecule has 0 aliphatic carbocycles. The molecule has 1 aromatic heterocycles. The molecule has 0 atom stereocenters. The molecule has 9 rings (SSSR count). The number of anilines is 3. The van der Waals surface area contributed by atoms with E-state index in [-0.39, 0.29) is 0 Å². The zero-order valence-electron chi connectivity index (χ0n) is 25.1.